The fourth-order valence-corrected chi connectivity index (χ4v) is 8.07. The number of hydrogen-bond donors (Lipinski definition) is 3. The van der Waals surface area contributed by atoms with Crippen molar-refractivity contribution in [1.29, 1.82) is 5.41 Å². The average molecular weight is 645 g/mol. The molecule has 3 saturated carbocycles. The monoisotopic (exact) mass is 644 g/mol. The van der Waals surface area contributed by atoms with E-state index < -0.39 is 36.5 Å². The lowest BCUT2D eigenvalue weighted by Gasteiger charge is -2.64. The molecule has 4 fully saturated rings. The molecule has 5 aliphatic rings. The Balaban J connectivity index is 1.32. The molecule has 2 bridgehead atoms. The lowest BCUT2D eigenvalue weighted by molar-refractivity contribution is -0.199. The van der Waals surface area contributed by atoms with Crippen molar-refractivity contribution < 1.29 is 23.7 Å². The number of aryl methyl sites for hydroxylation is 1. The van der Waals surface area contributed by atoms with Crippen molar-refractivity contribution in [2.75, 3.05) is 0 Å². The summed E-state index contributed by atoms with van der Waals surface area (Å²) < 4.78 is 13.3. The highest BCUT2D eigenvalue weighted by molar-refractivity contribution is 6.48. The van der Waals surface area contributed by atoms with E-state index >= 15 is 0 Å². The Bertz CT molecular complexity index is 1410. The van der Waals surface area contributed by atoms with E-state index in [1.54, 1.807) is 24.5 Å². The standard InChI is InChI=1S/C37H53BN4O5/c1-7-8-10-24-12-14-26(15-13-24)34(44)41-29(21-28(39)30(43)18-25-11-9-16-40-22-25)35(45)42-33(17-23(2)3)38-46-32-20-27-19-31(36(27,4)5)37(32,6)47-38/h12-16,22-23,27,29,31-33,39H,7-11,17-21H2,1-6H3,(H,41,44)(H,42,45)/t27?,29?,31?,32?,33?,37-/m0/s1. The quantitative estimate of drug-likeness (QED) is 0.158. The Morgan fingerprint density at radius 2 is 1.85 bits per heavy atom. The van der Waals surface area contributed by atoms with Gasteiger partial charge in [0.1, 0.15) is 6.04 Å². The van der Waals surface area contributed by atoms with Crippen LogP contribution in [-0.2, 0) is 25.3 Å². The molecule has 5 unspecified atom stereocenters. The molecule has 9 nitrogen and oxygen atoms in total. The molecule has 47 heavy (non-hydrogen) atoms. The van der Waals surface area contributed by atoms with Crippen LogP contribution >= 0.6 is 0 Å². The van der Waals surface area contributed by atoms with Crippen LogP contribution in [0.5, 0.6) is 0 Å². The Morgan fingerprint density at radius 3 is 2.49 bits per heavy atom. The van der Waals surface area contributed by atoms with Crippen molar-refractivity contribution >= 4 is 36.6 Å². The number of hydrogen-bond acceptors (Lipinski definition) is 7. The van der Waals surface area contributed by atoms with Gasteiger partial charge in [0.15, 0.2) is 5.78 Å². The average Bonchev–Trinajstić information content (AvgIpc) is 3.40. The summed E-state index contributed by atoms with van der Waals surface area (Å²) in [5.74, 6) is -0.496. The van der Waals surface area contributed by atoms with Gasteiger partial charge in [0.25, 0.3) is 5.91 Å². The number of benzene rings is 1. The summed E-state index contributed by atoms with van der Waals surface area (Å²) in [4.78, 5) is 44.8. The van der Waals surface area contributed by atoms with E-state index in [-0.39, 0.29) is 41.8 Å². The lowest BCUT2D eigenvalue weighted by atomic mass is 9.43. The van der Waals surface area contributed by atoms with E-state index in [2.05, 4.69) is 57.2 Å². The first-order valence-corrected chi connectivity index (χ1v) is 17.6. The molecule has 1 aromatic carbocycles. The van der Waals surface area contributed by atoms with Gasteiger partial charge >= 0.3 is 7.12 Å². The first-order valence-electron chi connectivity index (χ1n) is 17.6. The molecule has 2 heterocycles. The van der Waals surface area contributed by atoms with Gasteiger partial charge in [0.05, 0.1) is 23.4 Å². The Morgan fingerprint density at radius 1 is 1.11 bits per heavy atom. The van der Waals surface area contributed by atoms with E-state index in [1.165, 1.54) is 0 Å². The molecule has 3 aliphatic carbocycles. The van der Waals surface area contributed by atoms with Gasteiger partial charge < -0.3 is 25.4 Å². The Kier molecular flexibility index (Phi) is 10.9. The lowest BCUT2D eigenvalue weighted by Crippen LogP contribution is -2.65. The second-order valence-corrected chi connectivity index (χ2v) is 15.3. The Hall–Kier alpha value is -3.11. The fraction of sp³-hybridized carbons (Fsp3) is 0.649. The number of aliphatic imine (C=N–C) groups is 1. The van der Waals surface area contributed by atoms with Crippen LogP contribution in [0.25, 0.3) is 0 Å². The first-order chi connectivity index (χ1) is 22.3. The minimum atomic E-state index is -1.13. The zero-order valence-corrected chi connectivity index (χ0v) is 29.1. The summed E-state index contributed by atoms with van der Waals surface area (Å²) in [5, 5.41) is 14.6. The highest BCUT2D eigenvalue weighted by atomic mass is 16.7. The van der Waals surface area contributed by atoms with Crippen LogP contribution in [0.1, 0.15) is 115 Å². The van der Waals surface area contributed by atoms with E-state index in [4.69, 9.17) is 14.7 Å². The summed E-state index contributed by atoms with van der Waals surface area (Å²) in [6, 6.07) is 6.27. The number of amides is 2. The molecule has 2 aliphatic heterocycles. The smallest absolute Gasteiger partial charge is 0.404 e. The molecule has 0 aromatic heterocycles. The van der Waals surface area contributed by atoms with Gasteiger partial charge in [-0.2, -0.15) is 0 Å². The molecule has 6 atom stereocenters. The molecule has 3 N–H and O–H groups in total. The van der Waals surface area contributed by atoms with Gasteiger partial charge in [-0.1, -0.05) is 53.2 Å². The molecular weight excluding hydrogens is 591 g/mol. The third-order valence-corrected chi connectivity index (χ3v) is 11.1. The number of rotatable bonds is 15. The maximum absolute atomic E-state index is 14.1. The number of carbonyl (C=O) groups is 3. The van der Waals surface area contributed by atoms with Crippen LogP contribution in [0, 0.1) is 28.6 Å². The maximum Gasteiger partial charge on any atom is 0.481 e. The topological polar surface area (TPSA) is 130 Å². The number of carbonyl (C=O) groups excluding carboxylic acids is 3. The number of Topliss-reactive ketones (excluding diaryl/α,β-unsaturated/α-hetero) is 1. The predicted octanol–water partition coefficient (Wildman–Crippen LogP) is 6.04. The summed E-state index contributed by atoms with van der Waals surface area (Å²) in [7, 11) is -0.626. The molecule has 1 saturated heterocycles. The third kappa shape index (κ3) is 7.80. The minimum Gasteiger partial charge on any atom is -0.404 e. The molecular formula is C37H53BN4O5. The molecule has 254 valence electrons. The SMILES string of the molecule is CCCCc1ccc(C(=O)NC(CC(=N)C(=O)CC2=CN=CCC2)C(=O)NC(CC(C)C)B2OC3CC4CC(C4(C)C)[C@]3(C)O2)cc1. The van der Waals surface area contributed by atoms with Crippen LogP contribution in [-0.4, -0.2) is 60.3 Å². The van der Waals surface area contributed by atoms with Gasteiger partial charge in [0.2, 0.25) is 5.91 Å². The molecule has 2 amide bonds. The number of unbranched alkanes of at least 4 members (excludes halogenated alkanes) is 1. The highest BCUT2D eigenvalue weighted by Gasteiger charge is 2.68. The Labute approximate surface area is 280 Å². The molecule has 0 spiro atoms. The number of nitrogens with one attached hydrogen (secondary N) is 3. The van der Waals surface area contributed by atoms with Gasteiger partial charge in [-0.05, 0) is 98.3 Å². The van der Waals surface area contributed by atoms with Crippen molar-refractivity contribution in [2.24, 2.45) is 28.2 Å². The van der Waals surface area contributed by atoms with Crippen LogP contribution < -0.4 is 10.6 Å². The van der Waals surface area contributed by atoms with E-state index in [0.717, 1.165) is 49.7 Å². The van der Waals surface area contributed by atoms with Gasteiger partial charge in [-0.25, -0.2) is 0 Å². The number of ketones is 1. The predicted molar refractivity (Wildman–Crippen MR) is 186 cm³/mol. The number of allylic oxidation sites excluding steroid dienone is 1. The van der Waals surface area contributed by atoms with E-state index in [1.807, 2.05) is 12.1 Å². The van der Waals surface area contributed by atoms with Gasteiger partial charge in [0, 0.05) is 30.8 Å². The molecule has 10 heteroatoms. The van der Waals surface area contributed by atoms with Crippen molar-refractivity contribution in [1.82, 2.24) is 10.6 Å². The normalized spacial score (nSPS) is 26.9. The molecule has 1 aromatic rings. The van der Waals surface area contributed by atoms with E-state index in [9.17, 15) is 14.4 Å². The second-order valence-electron chi connectivity index (χ2n) is 15.3. The summed E-state index contributed by atoms with van der Waals surface area (Å²) >= 11 is 0. The molecule has 6 rings (SSSR count). The molecule has 0 radical (unpaired) electrons. The zero-order valence-electron chi connectivity index (χ0n) is 29.1. The van der Waals surface area contributed by atoms with Gasteiger partial charge in [-0.15, -0.1) is 0 Å². The zero-order chi connectivity index (χ0) is 33.9. The summed E-state index contributed by atoms with van der Waals surface area (Å²) in [6.45, 7) is 13.1. The van der Waals surface area contributed by atoms with Crippen LogP contribution in [0.2, 0.25) is 0 Å². The highest BCUT2D eigenvalue weighted by Crippen LogP contribution is 2.65. The summed E-state index contributed by atoms with van der Waals surface area (Å²) in [6.07, 6.45) is 10.5. The van der Waals surface area contributed by atoms with Crippen molar-refractivity contribution in [2.45, 2.75) is 129 Å². The second kappa shape index (κ2) is 14.6. The van der Waals surface area contributed by atoms with Crippen molar-refractivity contribution in [3.05, 3.63) is 47.2 Å². The first kappa shape index (κ1) is 35.2. The van der Waals surface area contributed by atoms with Crippen molar-refractivity contribution in [3.63, 3.8) is 0 Å². The maximum atomic E-state index is 14.1. The van der Waals surface area contributed by atoms with Crippen molar-refractivity contribution in [3.8, 4) is 0 Å². The fourth-order valence-electron chi connectivity index (χ4n) is 8.07. The number of nitrogens with zero attached hydrogens (tertiary/aromatic N) is 1. The summed E-state index contributed by atoms with van der Waals surface area (Å²) in [5.41, 5.74) is 1.99. The largest absolute Gasteiger partial charge is 0.481 e. The van der Waals surface area contributed by atoms with E-state index in [0.29, 0.717) is 30.2 Å². The van der Waals surface area contributed by atoms with Crippen LogP contribution in [0.15, 0.2) is 41.0 Å². The van der Waals surface area contributed by atoms with Crippen LogP contribution in [0.3, 0.4) is 0 Å². The minimum absolute atomic E-state index is 0.0316. The third-order valence-electron chi connectivity index (χ3n) is 11.1. The van der Waals surface area contributed by atoms with Crippen LogP contribution in [0.4, 0.5) is 0 Å². The van der Waals surface area contributed by atoms with Gasteiger partial charge in [-0.3, -0.25) is 19.4 Å².